The van der Waals surface area contributed by atoms with Gasteiger partial charge in [0, 0.05) is 24.6 Å². The van der Waals surface area contributed by atoms with Crippen LogP contribution in [0.5, 0.6) is 0 Å². The number of thiophene rings is 1. The fourth-order valence-corrected chi connectivity index (χ4v) is 3.24. The summed E-state index contributed by atoms with van der Waals surface area (Å²) < 4.78 is 0.841. The number of rotatable bonds is 3. The van der Waals surface area contributed by atoms with Gasteiger partial charge < -0.3 is 4.90 Å². The summed E-state index contributed by atoms with van der Waals surface area (Å²) in [6, 6.07) is 1.87. The van der Waals surface area contributed by atoms with E-state index < -0.39 is 0 Å². The minimum atomic E-state index is 0.0734. The highest BCUT2D eigenvalue weighted by molar-refractivity contribution is 9.10. The molecule has 0 radical (unpaired) electrons. The maximum atomic E-state index is 12.0. The topological polar surface area (TPSA) is 40.6 Å². The van der Waals surface area contributed by atoms with E-state index in [2.05, 4.69) is 15.9 Å². The number of piperazine rings is 1. The van der Waals surface area contributed by atoms with Crippen LogP contribution in [-0.4, -0.2) is 54.7 Å². The van der Waals surface area contributed by atoms with Crippen LogP contribution in [-0.2, 0) is 4.79 Å². The summed E-state index contributed by atoms with van der Waals surface area (Å²) in [4.78, 5) is 27.8. The predicted molar refractivity (Wildman–Crippen MR) is 70.4 cm³/mol. The van der Waals surface area contributed by atoms with Crippen molar-refractivity contribution in [3.8, 4) is 0 Å². The van der Waals surface area contributed by atoms with Crippen LogP contribution in [0.25, 0.3) is 0 Å². The molecular formula is C11H13BrN2O2S. The number of carbonyl (C=O) groups excluding carboxylic acids is 2. The van der Waals surface area contributed by atoms with E-state index in [0.717, 1.165) is 15.9 Å². The van der Waals surface area contributed by atoms with Crippen molar-refractivity contribution in [2.45, 2.75) is 0 Å². The maximum absolute atomic E-state index is 12.0. The Kier molecular flexibility index (Phi) is 3.96. The van der Waals surface area contributed by atoms with Crippen molar-refractivity contribution in [1.82, 2.24) is 9.80 Å². The molecule has 1 aromatic rings. The molecular weight excluding hydrogens is 304 g/mol. The van der Waals surface area contributed by atoms with E-state index >= 15 is 0 Å². The van der Waals surface area contributed by atoms with Crippen molar-refractivity contribution in [1.29, 1.82) is 0 Å². The Bertz CT molecular complexity index is 446. The van der Waals surface area contributed by atoms with E-state index in [1.54, 1.807) is 11.9 Å². The summed E-state index contributed by atoms with van der Waals surface area (Å²) in [6.07, 6.45) is 0. The van der Waals surface area contributed by atoms with Crippen molar-refractivity contribution in [3.63, 3.8) is 0 Å². The molecule has 0 saturated carbocycles. The minimum absolute atomic E-state index is 0.0734. The molecule has 92 valence electrons. The highest BCUT2D eigenvalue weighted by atomic mass is 79.9. The first-order valence-corrected chi connectivity index (χ1v) is 6.97. The molecule has 1 amide bonds. The number of hydrogen-bond acceptors (Lipinski definition) is 4. The summed E-state index contributed by atoms with van der Waals surface area (Å²) in [5, 5.41) is 1.88. The van der Waals surface area contributed by atoms with Crippen LogP contribution in [0.3, 0.4) is 0 Å². The van der Waals surface area contributed by atoms with Crippen molar-refractivity contribution < 1.29 is 9.59 Å². The molecule has 4 nitrogen and oxygen atoms in total. The lowest BCUT2D eigenvalue weighted by atomic mass is 10.2. The number of likely N-dealkylation sites (N-methyl/N-ethyl adjacent to an activating group) is 1. The zero-order valence-corrected chi connectivity index (χ0v) is 11.9. The molecule has 1 aliphatic rings. The molecule has 2 heterocycles. The SMILES string of the molecule is CN1CCN(CC(=O)c2sccc2Br)CC1=O. The van der Waals surface area contributed by atoms with Crippen molar-refractivity contribution in [2.24, 2.45) is 0 Å². The first kappa shape index (κ1) is 12.7. The molecule has 0 N–H and O–H groups in total. The summed E-state index contributed by atoms with van der Waals surface area (Å²) in [5.74, 6) is 0.151. The maximum Gasteiger partial charge on any atom is 0.236 e. The summed E-state index contributed by atoms with van der Waals surface area (Å²) in [6.45, 7) is 2.11. The van der Waals surface area contributed by atoms with E-state index in [0.29, 0.717) is 19.6 Å². The number of nitrogens with zero attached hydrogens (tertiary/aromatic N) is 2. The third kappa shape index (κ3) is 2.94. The number of Topliss-reactive ketones (excluding diaryl/α,β-unsaturated/α-hetero) is 1. The first-order chi connectivity index (χ1) is 8.08. The van der Waals surface area contributed by atoms with Crippen molar-refractivity contribution in [2.75, 3.05) is 33.2 Å². The van der Waals surface area contributed by atoms with Gasteiger partial charge in [0.25, 0.3) is 0 Å². The first-order valence-electron chi connectivity index (χ1n) is 5.30. The average Bonchev–Trinajstić information content (AvgIpc) is 2.70. The smallest absolute Gasteiger partial charge is 0.236 e. The number of carbonyl (C=O) groups is 2. The quantitative estimate of drug-likeness (QED) is 0.793. The number of amides is 1. The van der Waals surface area contributed by atoms with Crippen LogP contribution in [0.15, 0.2) is 15.9 Å². The van der Waals surface area contributed by atoms with Gasteiger partial charge in [-0.2, -0.15) is 0 Å². The summed E-state index contributed by atoms with van der Waals surface area (Å²) in [7, 11) is 1.79. The molecule has 1 aromatic heterocycles. The van der Waals surface area contributed by atoms with E-state index in [-0.39, 0.29) is 11.7 Å². The lowest BCUT2D eigenvalue weighted by molar-refractivity contribution is -0.134. The molecule has 1 fully saturated rings. The average molecular weight is 317 g/mol. The third-order valence-electron chi connectivity index (χ3n) is 2.77. The van der Waals surface area contributed by atoms with Crippen molar-refractivity contribution in [3.05, 3.63) is 20.8 Å². The monoisotopic (exact) mass is 316 g/mol. The minimum Gasteiger partial charge on any atom is -0.343 e. The zero-order valence-electron chi connectivity index (χ0n) is 9.48. The van der Waals surface area contributed by atoms with Crippen LogP contribution in [0.1, 0.15) is 9.67 Å². The number of halogens is 1. The fraction of sp³-hybridized carbons (Fsp3) is 0.455. The number of ketones is 1. The highest BCUT2D eigenvalue weighted by Gasteiger charge is 2.23. The summed E-state index contributed by atoms with van der Waals surface area (Å²) in [5.41, 5.74) is 0. The molecule has 0 atom stereocenters. The van der Waals surface area contributed by atoms with Crippen LogP contribution < -0.4 is 0 Å². The second-order valence-corrected chi connectivity index (χ2v) is 5.82. The molecule has 0 bridgehead atoms. The molecule has 2 rings (SSSR count). The van der Waals surface area contributed by atoms with Gasteiger partial charge in [-0.3, -0.25) is 14.5 Å². The second kappa shape index (κ2) is 5.29. The Morgan fingerprint density at radius 1 is 1.53 bits per heavy atom. The van der Waals surface area contributed by atoms with Crippen LogP contribution in [0, 0.1) is 0 Å². The Morgan fingerprint density at radius 2 is 2.29 bits per heavy atom. The van der Waals surface area contributed by atoms with Crippen LogP contribution in [0.2, 0.25) is 0 Å². The van der Waals surface area contributed by atoms with E-state index in [1.807, 2.05) is 16.3 Å². The lowest BCUT2D eigenvalue weighted by Crippen LogP contribution is -2.49. The molecule has 17 heavy (non-hydrogen) atoms. The third-order valence-corrected chi connectivity index (χ3v) is 4.65. The van der Waals surface area contributed by atoms with Crippen molar-refractivity contribution >= 4 is 39.0 Å². The second-order valence-electron chi connectivity index (χ2n) is 4.05. The Balaban J connectivity index is 1.96. The fourth-order valence-electron chi connectivity index (χ4n) is 1.71. The molecule has 0 unspecified atom stereocenters. The normalized spacial score (nSPS) is 17.5. The van der Waals surface area contributed by atoms with Gasteiger partial charge in [-0.15, -0.1) is 11.3 Å². The van der Waals surface area contributed by atoms with Crippen LogP contribution >= 0.6 is 27.3 Å². The molecule has 1 saturated heterocycles. The Morgan fingerprint density at radius 3 is 2.88 bits per heavy atom. The molecule has 0 spiro atoms. The van der Waals surface area contributed by atoms with Gasteiger partial charge in [-0.05, 0) is 27.4 Å². The largest absolute Gasteiger partial charge is 0.343 e. The summed E-state index contributed by atoms with van der Waals surface area (Å²) >= 11 is 4.78. The zero-order chi connectivity index (χ0) is 12.4. The Hall–Kier alpha value is -0.720. The standard InChI is InChI=1S/C11H13BrN2O2S/c1-13-3-4-14(7-10(13)16)6-9(15)11-8(12)2-5-17-11/h2,5H,3-4,6-7H2,1H3. The molecule has 0 aliphatic carbocycles. The molecule has 6 heteroatoms. The molecule has 1 aliphatic heterocycles. The van der Waals surface area contributed by atoms with Gasteiger partial charge in [-0.1, -0.05) is 0 Å². The van der Waals surface area contributed by atoms with Crippen LogP contribution in [0.4, 0.5) is 0 Å². The van der Waals surface area contributed by atoms with Gasteiger partial charge in [0.05, 0.1) is 18.0 Å². The van der Waals surface area contributed by atoms with Gasteiger partial charge in [0.1, 0.15) is 0 Å². The van der Waals surface area contributed by atoms with E-state index in [1.165, 1.54) is 11.3 Å². The molecule has 0 aromatic carbocycles. The Labute approximate surface area is 112 Å². The number of hydrogen-bond donors (Lipinski definition) is 0. The predicted octanol–water partition coefficient (Wildman–Crippen LogP) is 1.47. The van der Waals surface area contributed by atoms with E-state index in [9.17, 15) is 9.59 Å². The van der Waals surface area contributed by atoms with E-state index in [4.69, 9.17) is 0 Å². The van der Waals surface area contributed by atoms with Gasteiger partial charge in [0.15, 0.2) is 5.78 Å². The highest BCUT2D eigenvalue weighted by Crippen LogP contribution is 2.23. The van der Waals surface area contributed by atoms with Gasteiger partial charge >= 0.3 is 0 Å². The lowest BCUT2D eigenvalue weighted by Gasteiger charge is -2.31. The van der Waals surface area contributed by atoms with Gasteiger partial charge in [-0.25, -0.2) is 0 Å². The van der Waals surface area contributed by atoms with Gasteiger partial charge in [0.2, 0.25) is 5.91 Å².